The second kappa shape index (κ2) is 9.72. The third-order valence-corrected chi connectivity index (χ3v) is 5.81. The minimum Gasteiger partial charge on any atom is -0.491 e. The van der Waals surface area contributed by atoms with Crippen LogP contribution in [0.2, 0.25) is 5.02 Å². The maximum absolute atomic E-state index is 12.5. The number of nitrogens with zero attached hydrogens (tertiary/aromatic N) is 3. The van der Waals surface area contributed by atoms with E-state index in [0.29, 0.717) is 27.5 Å². The van der Waals surface area contributed by atoms with E-state index in [-0.39, 0.29) is 18.7 Å². The first-order chi connectivity index (χ1) is 14.3. The molecule has 0 radical (unpaired) electrons. The monoisotopic (exact) mass is 452 g/mol. The van der Waals surface area contributed by atoms with Crippen molar-refractivity contribution in [3.05, 3.63) is 50.1 Å². The molecule has 2 N–H and O–H groups in total. The summed E-state index contributed by atoms with van der Waals surface area (Å²) in [5.41, 5.74) is -0.499. The van der Waals surface area contributed by atoms with Crippen LogP contribution in [0.5, 0.6) is 5.75 Å². The van der Waals surface area contributed by atoms with Gasteiger partial charge in [-0.2, -0.15) is 0 Å². The van der Waals surface area contributed by atoms with Crippen molar-refractivity contribution < 1.29 is 9.84 Å². The predicted octanol–water partition coefficient (Wildman–Crippen LogP) is 2.65. The summed E-state index contributed by atoms with van der Waals surface area (Å²) in [6.07, 6.45) is 0.0879. The Bertz CT molecular complexity index is 1120. The summed E-state index contributed by atoms with van der Waals surface area (Å²) in [6.45, 7) is 4.40. The van der Waals surface area contributed by atoms with E-state index in [1.807, 2.05) is 0 Å². The number of thioether (sulfide) groups is 1. The van der Waals surface area contributed by atoms with Crippen molar-refractivity contribution in [1.82, 2.24) is 19.1 Å². The van der Waals surface area contributed by atoms with Crippen molar-refractivity contribution in [2.24, 2.45) is 13.0 Å². The van der Waals surface area contributed by atoms with Crippen molar-refractivity contribution in [2.45, 2.75) is 38.1 Å². The molecule has 0 bridgehead atoms. The van der Waals surface area contributed by atoms with Crippen molar-refractivity contribution in [3.8, 4) is 5.75 Å². The number of aromatic amines is 1. The number of aliphatic hydroxyl groups excluding tert-OH is 1. The third-order valence-electron chi connectivity index (χ3n) is 4.55. The molecule has 1 atom stereocenters. The molecule has 0 aliphatic carbocycles. The quantitative estimate of drug-likeness (QED) is 0.484. The molecule has 0 aliphatic heterocycles. The maximum Gasteiger partial charge on any atom is 0.329 e. The number of rotatable bonds is 9. The topological polar surface area (TPSA) is 102 Å². The van der Waals surface area contributed by atoms with E-state index in [9.17, 15) is 14.7 Å². The van der Waals surface area contributed by atoms with Gasteiger partial charge in [-0.25, -0.2) is 9.78 Å². The van der Waals surface area contributed by atoms with E-state index in [4.69, 9.17) is 16.3 Å². The van der Waals surface area contributed by atoms with Gasteiger partial charge in [-0.05, 0) is 36.6 Å². The van der Waals surface area contributed by atoms with Gasteiger partial charge in [-0.3, -0.25) is 14.3 Å². The van der Waals surface area contributed by atoms with E-state index in [2.05, 4.69) is 23.8 Å². The molecule has 0 spiro atoms. The van der Waals surface area contributed by atoms with E-state index < -0.39 is 17.4 Å². The third kappa shape index (κ3) is 5.27. The fourth-order valence-electron chi connectivity index (χ4n) is 2.87. The SMILES string of the molecule is CC(C)CCSc1nc2c(c(=O)[nH]c(=O)n2C)n1C[C@H](O)COc1ccc(Cl)cc1. The number of fused-ring (bicyclic) bond motifs is 1. The zero-order valence-electron chi connectivity index (χ0n) is 17.1. The summed E-state index contributed by atoms with van der Waals surface area (Å²) in [5.74, 6) is 1.92. The van der Waals surface area contributed by atoms with Crippen molar-refractivity contribution in [2.75, 3.05) is 12.4 Å². The molecular weight excluding hydrogens is 428 g/mol. The summed E-state index contributed by atoms with van der Waals surface area (Å²) < 4.78 is 8.58. The molecule has 3 rings (SSSR count). The summed E-state index contributed by atoms with van der Waals surface area (Å²) in [5, 5.41) is 11.7. The molecule has 10 heteroatoms. The van der Waals surface area contributed by atoms with Crippen LogP contribution in [0.25, 0.3) is 11.2 Å². The number of ether oxygens (including phenoxy) is 1. The Hall–Kier alpha value is -2.23. The smallest absolute Gasteiger partial charge is 0.329 e. The highest BCUT2D eigenvalue weighted by Crippen LogP contribution is 2.24. The molecule has 0 saturated heterocycles. The summed E-state index contributed by atoms with van der Waals surface area (Å²) in [7, 11) is 1.56. The highest BCUT2D eigenvalue weighted by atomic mass is 35.5. The van der Waals surface area contributed by atoms with Gasteiger partial charge in [-0.1, -0.05) is 37.2 Å². The Kier molecular flexibility index (Phi) is 7.27. The second-order valence-corrected chi connectivity index (χ2v) is 8.94. The molecule has 0 amide bonds. The molecule has 3 aromatic rings. The van der Waals surface area contributed by atoms with Gasteiger partial charge in [0.15, 0.2) is 16.3 Å². The lowest BCUT2D eigenvalue weighted by Gasteiger charge is -2.15. The van der Waals surface area contributed by atoms with E-state index in [1.165, 1.54) is 16.3 Å². The van der Waals surface area contributed by atoms with Crippen LogP contribution < -0.4 is 16.0 Å². The van der Waals surface area contributed by atoms with E-state index >= 15 is 0 Å². The number of hydrogen-bond acceptors (Lipinski definition) is 6. The first kappa shape index (κ1) is 22.5. The zero-order chi connectivity index (χ0) is 21.8. The number of nitrogens with one attached hydrogen (secondary N) is 1. The van der Waals surface area contributed by atoms with Gasteiger partial charge >= 0.3 is 5.69 Å². The molecule has 0 saturated carbocycles. The first-order valence-corrected chi connectivity index (χ1v) is 11.0. The Balaban J connectivity index is 1.85. The molecule has 2 heterocycles. The van der Waals surface area contributed by atoms with Crippen molar-refractivity contribution in [3.63, 3.8) is 0 Å². The maximum atomic E-state index is 12.5. The second-order valence-electron chi connectivity index (χ2n) is 7.45. The summed E-state index contributed by atoms with van der Waals surface area (Å²) in [6, 6.07) is 6.84. The van der Waals surface area contributed by atoms with Crippen LogP contribution in [-0.4, -0.2) is 42.7 Å². The lowest BCUT2D eigenvalue weighted by atomic mass is 10.2. The lowest BCUT2D eigenvalue weighted by molar-refractivity contribution is 0.0914. The number of imidazole rings is 1. The van der Waals surface area contributed by atoms with Gasteiger partial charge in [0.2, 0.25) is 0 Å². The van der Waals surface area contributed by atoms with Gasteiger partial charge in [-0.15, -0.1) is 0 Å². The van der Waals surface area contributed by atoms with Crippen LogP contribution in [0.3, 0.4) is 0 Å². The molecule has 0 fully saturated rings. The molecule has 0 aliphatic rings. The average molecular weight is 453 g/mol. The normalized spacial score (nSPS) is 12.6. The van der Waals surface area contributed by atoms with Gasteiger partial charge < -0.3 is 14.4 Å². The fraction of sp³-hybridized carbons (Fsp3) is 0.450. The van der Waals surface area contributed by atoms with Gasteiger partial charge in [0.1, 0.15) is 18.5 Å². The lowest BCUT2D eigenvalue weighted by Crippen LogP contribution is -2.30. The van der Waals surface area contributed by atoms with Crippen LogP contribution in [-0.2, 0) is 13.6 Å². The van der Waals surface area contributed by atoms with E-state index in [1.54, 1.807) is 35.9 Å². The molecule has 30 heavy (non-hydrogen) atoms. The molecule has 0 unspecified atom stereocenters. The Morgan fingerprint density at radius 3 is 2.63 bits per heavy atom. The Labute approximate surface area is 182 Å². The van der Waals surface area contributed by atoms with E-state index in [0.717, 1.165) is 12.2 Å². The molecule has 8 nitrogen and oxygen atoms in total. The van der Waals surface area contributed by atoms with Crippen LogP contribution in [0.1, 0.15) is 20.3 Å². The molecule has 162 valence electrons. The highest BCUT2D eigenvalue weighted by molar-refractivity contribution is 7.99. The Morgan fingerprint density at radius 2 is 1.97 bits per heavy atom. The molecule has 2 aromatic heterocycles. The van der Waals surface area contributed by atoms with Crippen molar-refractivity contribution in [1.29, 1.82) is 0 Å². The standard InChI is InChI=1S/C20H25ClN4O4S/c1-12(2)8-9-30-20-22-17-16(18(27)23-19(28)24(17)3)25(20)10-14(26)11-29-15-6-4-13(21)5-7-15/h4-7,12,14,26H,8-11H2,1-3H3,(H,23,27,28)/t14-/m0/s1. The number of hydrogen-bond donors (Lipinski definition) is 2. The summed E-state index contributed by atoms with van der Waals surface area (Å²) in [4.78, 5) is 31.3. The number of aromatic nitrogens is 4. The van der Waals surface area contributed by atoms with Gasteiger partial charge in [0.25, 0.3) is 5.56 Å². The highest BCUT2D eigenvalue weighted by Gasteiger charge is 2.20. The average Bonchev–Trinajstić information content (AvgIpc) is 3.04. The van der Waals surface area contributed by atoms with Crippen LogP contribution >= 0.6 is 23.4 Å². The molecular formula is C20H25ClN4O4S. The fourth-order valence-corrected chi connectivity index (χ4v) is 4.24. The predicted molar refractivity (Wildman–Crippen MR) is 119 cm³/mol. The number of benzene rings is 1. The molecule has 1 aromatic carbocycles. The number of H-pyrrole nitrogens is 1. The van der Waals surface area contributed by atoms with Crippen LogP contribution in [0, 0.1) is 5.92 Å². The minimum atomic E-state index is -0.890. The zero-order valence-corrected chi connectivity index (χ0v) is 18.7. The number of aryl methyl sites for hydroxylation is 1. The van der Waals surface area contributed by atoms with Crippen LogP contribution in [0.4, 0.5) is 0 Å². The number of aliphatic hydroxyl groups is 1. The van der Waals surface area contributed by atoms with Gasteiger partial charge in [0, 0.05) is 17.8 Å². The number of halogens is 1. The van der Waals surface area contributed by atoms with Crippen molar-refractivity contribution >= 4 is 34.5 Å². The van der Waals surface area contributed by atoms with Crippen LogP contribution in [0.15, 0.2) is 39.0 Å². The largest absolute Gasteiger partial charge is 0.491 e. The first-order valence-electron chi connectivity index (χ1n) is 9.65. The summed E-state index contributed by atoms with van der Waals surface area (Å²) >= 11 is 7.37. The van der Waals surface area contributed by atoms with Gasteiger partial charge in [0.05, 0.1) is 6.54 Å². The minimum absolute atomic E-state index is 0.0288. The Morgan fingerprint density at radius 1 is 1.27 bits per heavy atom.